The second kappa shape index (κ2) is 13.0. The van der Waals surface area contributed by atoms with E-state index in [4.69, 9.17) is 14.2 Å². The van der Waals surface area contributed by atoms with Gasteiger partial charge in [0.15, 0.2) is 11.5 Å². The van der Waals surface area contributed by atoms with Gasteiger partial charge in [0.2, 0.25) is 5.91 Å². The Balaban J connectivity index is 1.52. The van der Waals surface area contributed by atoms with E-state index >= 15 is 0 Å². The van der Waals surface area contributed by atoms with Gasteiger partial charge < -0.3 is 35.1 Å². The number of benzene rings is 2. The highest BCUT2D eigenvalue weighted by Gasteiger charge is 2.22. The van der Waals surface area contributed by atoms with Crippen LogP contribution in [0.4, 0.5) is 10.5 Å². The zero-order valence-electron chi connectivity index (χ0n) is 23.4. The van der Waals surface area contributed by atoms with Crippen molar-refractivity contribution in [3.63, 3.8) is 0 Å². The summed E-state index contributed by atoms with van der Waals surface area (Å²) in [5.74, 6) is 0.630. The van der Waals surface area contributed by atoms with Crippen molar-refractivity contribution in [3.8, 4) is 11.5 Å². The monoisotopic (exact) mass is 538 g/mol. The van der Waals surface area contributed by atoms with Crippen LogP contribution in [0.3, 0.4) is 0 Å². The predicted octanol–water partition coefficient (Wildman–Crippen LogP) is 4.79. The Bertz CT molecular complexity index is 1310. The molecule has 3 aromatic rings. The molecule has 3 rings (SSSR count). The Hall–Kier alpha value is -4.21. The number of fused-ring (bicyclic) bond motifs is 1. The van der Waals surface area contributed by atoms with Crippen LogP contribution in [-0.4, -0.2) is 55.3 Å². The van der Waals surface area contributed by atoms with E-state index in [-0.39, 0.29) is 11.8 Å². The topological polar surface area (TPSA) is 131 Å². The molecule has 4 N–H and O–H groups in total. The molecule has 0 radical (unpaired) electrons. The Morgan fingerprint density at radius 2 is 1.72 bits per heavy atom. The number of H-pyrrole nitrogens is 1. The maximum absolute atomic E-state index is 12.8. The average molecular weight is 539 g/mol. The molecular formula is C29H38N4O6. The van der Waals surface area contributed by atoms with Crippen LogP contribution in [0.2, 0.25) is 0 Å². The third-order valence-corrected chi connectivity index (χ3v) is 5.92. The van der Waals surface area contributed by atoms with Crippen molar-refractivity contribution in [3.05, 3.63) is 53.7 Å². The van der Waals surface area contributed by atoms with Gasteiger partial charge in [0.05, 0.1) is 14.2 Å². The zero-order valence-corrected chi connectivity index (χ0v) is 23.4. The number of nitrogens with one attached hydrogen (secondary N) is 4. The first-order valence-corrected chi connectivity index (χ1v) is 12.9. The van der Waals surface area contributed by atoms with E-state index in [0.29, 0.717) is 48.6 Å². The Morgan fingerprint density at radius 3 is 2.38 bits per heavy atom. The summed E-state index contributed by atoms with van der Waals surface area (Å²) in [5.41, 5.74) is 2.41. The standard InChI is InChI=1S/C29H38N4O6/c1-7-22(33-28(36)39-29(2,3)4)27(35)30-14-8-9-20-16-19-15-18(10-12-23(19)31-20)26(34)32-21-11-13-24(37-5)25(17-21)38-6/h10-13,15-17,22,31H,7-9,14H2,1-6H3,(H,30,35)(H,32,34)(H,33,36)/t22-/m0/s1. The van der Waals surface area contributed by atoms with E-state index < -0.39 is 17.7 Å². The van der Waals surface area contributed by atoms with E-state index in [9.17, 15) is 14.4 Å². The molecule has 1 aromatic heterocycles. The van der Waals surface area contributed by atoms with E-state index in [1.165, 1.54) is 0 Å². The van der Waals surface area contributed by atoms with Crippen molar-refractivity contribution in [2.75, 3.05) is 26.1 Å². The molecule has 2 aromatic carbocycles. The minimum atomic E-state index is -0.656. The molecule has 3 amide bonds. The molecule has 0 aliphatic heterocycles. The zero-order chi connectivity index (χ0) is 28.6. The maximum Gasteiger partial charge on any atom is 0.408 e. The summed E-state index contributed by atoms with van der Waals surface area (Å²) >= 11 is 0. The van der Waals surface area contributed by atoms with Gasteiger partial charge in [0.25, 0.3) is 5.91 Å². The fourth-order valence-electron chi connectivity index (χ4n) is 4.00. The Morgan fingerprint density at radius 1 is 0.974 bits per heavy atom. The maximum atomic E-state index is 12.8. The van der Waals surface area contributed by atoms with E-state index in [1.54, 1.807) is 59.3 Å². The smallest absolute Gasteiger partial charge is 0.408 e. The van der Waals surface area contributed by atoms with Crippen molar-refractivity contribution in [1.82, 2.24) is 15.6 Å². The number of carbonyl (C=O) groups is 3. The van der Waals surface area contributed by atoms with E-state index in [2.05, 4.69) is 20.9 Å². The number of aromatic nitrogens is 1. The minimum Gasteiger partial charge on any atom is -0.493 e. The Labute approximate surface area is 228 Å². The molecule has 0 spiro atoms. The number of carbonyl (C=O) groups excluding carboxylic acids is 3. The number of alkyl carbamates (subject to hydrolysis) is 1. The fraction of sp³-hybridized carbons (Fsp3) is 0.414. The SMILES string of the molecule is CC[C@H](NC(=O)OC(C)(C)C)C(=O)NCCCc1cc2cc(C(=O)Nc3ccc(OC)c(OC)c3)ccc2[nH]1. The van der Waals surface area contributed by atoms with Gasteiger partial charge in [-0.3, -0.25) is 9.59 Å². The van der Waals surface area contributed by atoms with Crippen molar-refractivity contribution in [1.29, 1.82) is 0 Å². The second-order valence-electron chi connectivity index (χ2n) is 10.1. The molecule has 0 unspecified atom stereocenters. The molecule has 0 fully saturated rings. The average Bonchev–Trinajstić information content (AvgIpc) is 3.30. The van der Waals surface area contributed by atoms with Crippen LogP contribution in [0.5, 0.6) is 11.5 Å². The van der Waals surface area contributed by atoms with Crippen molar-refractivity contribution in [2.45, 2.75) is 58.6 Å². The normalized spacial score (nSPS) is 11.9. The van der Waals surface area contributed by atoms with Gasteiger partial charge in [-0.25, -0.2) is 4.79 Å². The molecule has 1 atom stereocenters. The first-order valence-electron chi connectivity index (χ1n) is 12.9. The molecular weight excluding hydrogens is 500 g/mol. The molecule has 0 aliphatic carbocycles. The van der Waals surface area contributed by atoms with Gasteiger partial charge in [0.1, 0.15) is 11.6 Å². The predicted molar refractivity (Wildman–Crippen MR) is 151 cm³/mol. The Kier molecular flexibility index (Phi) is 9.81. The lowest BCUT2D eigenvalue weighted by Gasteiger charge is -2.22. The molecule has 0 saturated carbocycles. The number of hydrogen-bond acceptors (Lipinski definition) is 6. The lowest BCUT2D eigenvalue weighted by molar-refractivity contribution is -0.123. The number of anilines is 1. The quantitative estimate of drug-likeness (QED) is 0.260. The van der Waals surface area contributed by atoms with Crippen LogP contribution in [0.1, 0.15) is 56.6 Å². The number of aromatic amines is 1. The number of ether oxygens (including phenoxy) is 3. The van der Waals surface area contributed by atoms with Crippen LogP contribution in [0.25, 0.3) is 10.9 Å². The van der Waals surface area contributed by atoms with Gasteiger partial charge in [-0.2, -0.15) is 0 Å². The van der Waals surface area contributed by atoms with Crippen LogP contribution in [0, 0.1) is 0 Å². The van der Waals surface area contributed by atoms with E-state index in [0.717, 1.165) is 16.6 Å². The summed E-state index contributed by atoms with van der Waals surface area (Å²) in [6, 6.07) is 12.0. The molecule has 210 valence electrons. The third-order valence-electron chi connectivity index (χ3n) is 5.92. The largest absolute Gasteiger partial charge is 0.493 e. The number of amides is 3. The lowest BCUT2D eigenvalue weighted by Crippen LogP contribution is -2.48. The van der Waals surface area contributed by atoms with Crippen LogP contribution in [0.15, 0.2) is 42.5 Å². The van der Waals surface area contributed by atoms with Gasteiger partial charge in [0, 0.05) is 40.5 Å². The summed E-state index contributed by atoms with van der Waals surface area (Å²) in [6.07, 6.45) is 1.25. The lowest BCUT2D eigenvalue weighted by atomic mass is 10.1. The highest BCUT2D eigenvalue weighted by Crippen LogP contribution is 2.30. The van der Waals surface area contributed by atoms with Crippen LogP contribution < -0.4 is 25.4 Å². The van der Waals surface area contributed by atoms with Gasteiger partial charge in [-0.05, 0) is 76.4 Å². The summed E-state index contributed by atoms with van der Waals surface area (Å²) in [7, 11) is 3.10. The van der Waals surface area contributed by atoms with Crippen molar-refractivity contribution < 1.29 is 28.6 Å². The first kappa shape index (κ1) is 29.3. The highest BCUT2D eigenvalue weighted by atomic mass is 16.6. The summed E-state index contributed by atoms with van der Waals surface area (Å²) in [6.45, 7) is 7.60. The van der Waals surface area contributed by atoms with Gasteiger partial charge >= 0.3 is 6.09 Å². The molecule has 39 heavy (non-hydrogen) atoms. The third kappa shape index (κ3) is 8.39. The van der Waals surface area contributed by atoms with Crippen molar-refractivity contribution >= 4 is 34.5 Å². The number of aryl methyl sites for hydroxylation is 1. The summed E-state index contributed by atoms with van der Waals surface area (Å²) < 4.78 is 15.8. The number of rotatable bonds is 11. The van der Waals surface area contributed by atoms with Crippen LogP contribution >= 0.6 is 0 Å². The molecule has 10 nitrogen and oxygen atoms in total. The number of hydrogen-bond donors (Lipinski definition) is 4. The molecule has 1 heterocycles. The number of methoxy groups -OCH3 is 2. The van der Waals surface area contributed by atoms with Gasteiger partial charge in [-0.1, -0.05) is 6.92 Å². The van der Waals surface area contributed by atoms with Crippen molar-refractivity contribution in [2.24, 2.45) is 0 Å². The first-order chi connectivity index (χ1) is 18.5. The summed E-state index contributed by atoms with van der Waals surface area (Å²) in [5, 5.41) is 9.30. The molecule has 10 heteroatoms. The van der Waals surface area contributed by atoms with E-state index in [1.807, 2.05) is 25.1 Å². The summed E-state index contributed by atoms with van der Waals surface area (Å²) in [4.78, 5) is 40.7. The second-order valence-corrected chi connectivity index (χ2v) is 10.1. The minimum absolute atomic E-state index is 0.236. The highest BCUT2D eigenvalue weighted by molar-refractivity contribution is 6.06. The van der Waals surface area contributed by atoms with Gasteiger partial charge in [-0.15, -0.1) is 0 Å². The van der Waals surface area contributed by atoms with Crippen LogP contribution in [-0.2, 0) is 16.0 Å². The molecule has 0 saturated heterocycles. The fourth-order valence-corrected chi connectivity index (χ4v) is 4.00. The molecule has 0 bridgehead atoms. The molecule has 0 aliphatic rings.